The normalized spacial score (nSPS) is 18.7. The third kappa shape index (κ3) is 2.82. The molecule has 0 aliphatic carbocycles. The fraction of sp³-hybridized carbons (Fsp3) is 0.538. The molecular formula is C13H18N2O2. The topological polar surface area (TPSA) is 53.4 Å². The van der Waals surface area contributed by atoms with Crippen molar-refractivity contribution in [1.29, 1.82) is 0 Å². The van der Waals surface area contributed by atoms with Crippen LogP contribution in [0.5, 0.6) is 0 Å². The van der Waals surface area contributed by atoms with Crippen LogP contribution in [0.3, 0.4) is 0 Å². The fourth-order valence-electron chi connectivity index (χ4n) is 2.08. The fourth-order valence-corrected chi connectivity index (χ4v) is 2.08. The van der Waals surface area contributed by atoms with Gasteiger partial charge in [0.25, 0.3) is 0 Å². The molecular weight excluding hydrogens is 216 g/mol. The molecule has 0 bridgehead atoms. The monoisotopic (exact) mass is 234 g/mol. The lowest BCUT2D eigenvalue weighted by Crippen LogP contribution is -2.50. The molecule has 1 aromatic rings. The molecule has 1 aliphatic rings. The minimum atomic E-state index is -0.692. The number of carboxylic acid groups (broad SMARTS) is 1. The van der Waals surface area contributed by atoms with Crippen LogP contribution in [0, 0.1) is 18.8 Å². The number of aryl methyl sites for hydroxylation is 1. The van der Waals surface area contributed by atoms with E-state index in [1.165, 1.54) is 0 Å². The Morgan fingerprint density at radius 3 is 2.82 bits per heavy atom. The Balaban J connectivity index is 1.81. The number of aliphatic carboxylic acids is 1. The van der Waals surface area contributed by atoms with Crippen LogP contribution >= 0.6 is 0 Å². The van der Waals surface area contributed by atoms with Crippen LogP contribution in [0.15, 0.2) is 18.3 Å². The van der Waals surface area contributed by atoms with Crippen molar-refractivity contribution in [1.82, 2.24) is 9.88 Å². The molecule has 92 valence electrons. The van der Waals surface area contributed by atoms with Gasteiger partial charge in [-0.15, -0.1) is 0 Å². The highest BCUT2D eigenvalue weighted by Gasteiger charge is 2.34. The van der Waals surface area contributed by atoms with Crippen molar-refractivity contribution in [2.24, 2.45) is 11.8 Å². The first-order valence-electron chi connectivity index (χ1n) is 5.93. The minimum absolute atomic E-state index is 0.239. The Kier molecular flexibility index (Phi) is 3.43. The second-order valence-corrected chi connectivity index (χ2v) is 4.91. The Labute approximate surface area is 101 Å². The maximum absolute atomic E-state index is 10.8. The Morgan fingerprint density at radius 2 is 2.29 bits per heavy atom. The second kappa shape index (κ2) is 4.84. The van der Waals surface area contributed by atoms with E-state index in [9.17, 15) is 4.79 Å². The molecule has 0 saturated carbocycles. The molecule has 0 amide bonds. The van der Waals surface area contributed by atoms with E-state index >= 15 is 0 Å². The van der Waals surface area contributed by atoms with Crippen LogP contribution in [0.2, 0.25) is 0 Å². The van der Waals surface area contributed by atoms with Crippen LogP contribution in [-0.2, 0) is 11.3 Å². The standard InChI is InChI=1S/C13H18N2O2/c1-9-3-4-12(14-5-9)8-15-6-11(7-15)10(2)13(16)17/h3-5,10-11H,6-8H2,1-2H3,(H,16,17). The third-order valence-electron chi connectivity index (χ3n) is 3.44. The summed E-state index contributed by atoms with van der Waals surface area (Å²) in [6.45, 7) is 6.36. The number of rotatable bonds is 4. The van der Waals surface area contributed by atoms with Crippen molar-refractivity contribution in [2.75, 3.05) is 13.1 Å². The van der Waals surface area contributed by atoms with E-state index in [1.54, 1.807) is 6.92 Å². The van der Waals surface area contributed by atoms with Crippen LogP contribution < -0.4 is 0 Å². The molecule has 1 atom stereocenters. The highest BCUT2D eigenvalue weighted by atomic mass is 16.4. The van der Waals surface area contributed by atoms with Gasteiger partial charge in [0.2, 0.25) is 0 Å². The summed E-state index contributed by atoms with van der Waals surface area (Å²) in [5.74, 6) is -0.640. The smallest absolute Gasteiger partial charge is 0.306 e. The lowest BCUT2D eigenvalue weighted by atomic mass is 9.87. The summed E-state index contributed by atoms with van der Waals surface area (Å²) >= 11 is 0. The molecule has 1 unspecified atom stereocenters. The SMILES string of the molecule is Cc1ccc(CN2CC(C(C)C(=O)O)C2)nc1. The average molecular weight is 234 g/mol. The lowest BCUT2D eigenvalue weighted by molar-refractivity contribution is -0.145. The van der Waals surface area contributed by atoms with E-state index in [0.717, 1.165) is 30.9 Å². The van der Waals surface area contributed by atoms with E-state index in [0.29, 0.717) is 0 Å². The molecule has 1 fully saturated rings. The minimum Gasteiger partial charge on any atom is -0.481 e. The number of carbonyl (C=O) groups is 1. The molecule has 1 N–H and O–H groups in total. The summed E-state index contributed by atoms with van der Waals surface area (Å²) in [5.41, 5.74) is 2.21. The van der Waals surface area contributed by atoms with Crippen LogP contribution in [-0.4, -0.2) is 34.0 Å². The van der Waals surface area contributed by atoms with Gasteiger partial charge < -0.3 is 5.11 Å². The van der Waals surface area contributed by atoms with Gasteiger partial charge >= 0.3 is 5.97 Å². The second-order valence-electron chi connectivity index (χ2n) is 4.91. The van der Waals surface area contributed by atoms with Crippen molar-refractivity contribution in [3.63, 3.8) is 0 Å². The maximum Gasteiger partial charge on any atom is 0.306 e. The highest BCUT2D eigenvalue weighted by molar-refractivity contribution is 5.70. The summed E-state index contributed by atoms with van der Waals surface area (Å²) in [7, 11) is 0. The Morgan fingerprint density at radius 1 is 1.59 bits per heavy atom. The van der Waals surface area contributed by atoms with E-state index in [4.69, 9.17) is 5.11 Å². The first-order chi connectivity index (χ1) is 8.06. The number of hydrogen-bond donors (Lipinski definition) is 1. The predicted molar refractivity (Wildman–Crippen MR) is 64.5 cm³/mol. The summed E-state index contributed by atoms with van der Waals surface area (Å²) in [6, 6.07) is 4.09. The molecule has 2 heterocycles. The molecule has 17 heavy (non-hydrogen) atoms. The number of nitrogens with zero attached hydrogens (tertiary/aromatic N) is 2. The van der Waals surface area contributed by atoms with E-state index in [-0.39, 0.29) is 11.8 Å². The molecule has 1 aromatic heterocycles. The van der Waals surface area contributed by atoms with Gasteiger partial charge in [0, 0.05) is 25.8 Å². The number of hydrogen-bond acceptors (Lipinski definition) is 3. The number of carboxylic acids is 1. The molecule has 0 aromatic carbocycles. The van der Waals surface area contributed by atoms with Crippen molar-refractivity contribution < 1.29 is 9.90 Å². The van der Waals surface area contributed by atoms with Crippen molar-refractivity contribution in [3.8, 4) is 0 Å². The van der Waals surface area contributed by atoms with Crippen molar-refractivity contribution >= 4 is 5.97 Å². The van der Waals surface area contributed by atoms with Crippen LogP contribution in [0.4, 0.5) is 0 Å². The molecule has 4 heteroatoms. The number of likely N-dealkylation sites (tertiary alicyclic amines) is 1. The molecule has 2 rings (SSSR count). The average Bonchev–Trinajstić information content (AvgIpc) is 2.24. The first-order valence-corrected chi connectivity index (χ1v) is 5.93. The summed E-state index contributed by atoms with van der Waals surface area (Å²) in [5, 5.41) is 8.89. The number of pyridine rings is 1. The number of aromatic nitrogens is 1. The zero-order valence-electron chi connectivity index (χ0n) is 10.3. The Hall–Kier alpha value is -1.42. The molecule has 0 spiro atoms. The zero-order chi connectivity index (χ0) is 12.4. The van der Waals surface area contributed by atoms with Gasteiger partial charge in [-0.05, 0) is 24.5 Å². The van der Waals surface area contributed by atoms with Gasteiger partial charge in [-0.25, -0.2) is 0 Å². The molecule has 0 radical (unpaired) electrons. The van der Waals surface area contributed by atoms with Gasteiger partial charge in [0.1, 0.15) is 0 Å². The largest absolute Gasteiger partial charge is 0.481 e. The highest BCUT2D eigenvalue weighted by Crippen LogP contribution is 2.25. The van der Waals surface area contributed by atoms with Gasteiger partial charge in [-0.2, -0.15) is 0 Å². The van der Waals surface area contributed by atoms with Gasteiger partial charge in [0.15, 0.2) is 0 Å². The quantitative estimate of drug-likeness (QED) is 0.858. The third-order valence-corrected chi connectivity index (χ3v) is 3.44. The summed E-state index contributed by atoms with van der Waals surface area (Å²) in [6.07, 6.45) is 1.87. The van der Waals surface area contributed by atoms with E-state index in [2.05, 4.69) is 16.0 Å². The van der Waals surface area contributed by atoms with Crippen LogP contribution in [0.25, 0.3) is 0 Å². The summed E-state index contributed by atoms with van der Waals surface area (Å²) in [4.78, 5) is 17.4. The molecule has 4 nitrogen and oxygen atoms in total. The van der Waals surface area contributed by atoms with Crippen molar-refractivity contribution in [3.05, 3.63) is 29.6 Å². The predicted octanol–water partition coefficient (Wildman–Crippen LogP) is 1.54. The lowest BCUT2D eigenvalue weighted by Gasteiger charge is -2.41. The van der Waals surface area contributed by atoms with Gasteiger partial charge in [-0.3, -0.25) is 14.7 Å². The summed E-state index contributed by atoms with van der Waals surface area (Å²) < 4.78 is 0. The molecule has 1 saturated heterocycles. The maximum atomic E-state index is 10.8. The van der Waals surface area contributed by atoms with Crippen molar-refractivity contribution in [2.45, 2.75) is 20.4 Å². The van der Waals surface area contributed by atoms with E-state index < -0.39 is 5.97 Å². The van der Waals surface area contributed by atoms with Gasteiger partial charge in [-0.1, -0.05) is 13.0 Å². The first kappa shape index (κ1) is 12.0. The molecule has 1 aliphatic heterocycles. The zero-order valence-corrected chi connectivity index (χ0v) is 10.3. The van der Waals surface area contributed by atoms with Gasteiger partial charge in [0.05, 0.1) is 11.6 Å². The van der Waals surface area contributed by atoms with E-state index in [1.807, 2.05) is 19.2 Å². The van der Waals surface area contributed by atoms with Crippen LogP contribution in [0.1, 0.15) is 18.2 Å². The Bertz CT molecular complexity index is 396.